The van der Waals surface area contributed by atoms with Crippen LogP contribution < -0.4 is 5.14 Å². The Morgan fingerprint density at radius 1 is 1.45 bits per heavy atom. The molecule has 20 heavy (non-hydrogen) atoms. The maximum absolute atomic E-state index is 11.1. The van der Waals surface area contributed by atoms with E-state index in [0.717, 1.165) is 6.20 Å². The van der Waals surface area contributed by atoms with Crippen LogP contribution in [0.25, 0.3) is 0 Å². The summed E-state index contributed by atoms with van der Waals surface area (Å²) in [5, 5.41) is 19.7. The van der Waals surface area contributed by atoms with E-state index in [9.17, 15) is 18.5 Å². The highest BCUT2D eigenvalue weighted by Crippen LogP contribution is 2.28. The Hall–Kier alpha value is -1.78. The van der Waals surface area contributed by atoms with E-state index >= 15 is 0 Å². The zero-order valence-electron chi connectivity index (χ0n) is 9.93. The summed E-state index contributed by atoms with van der Waals surface area (Å²) in [4.78, 5) is 10.2. The molecule has 1 aromatic carbocycles. The van der Waals surface area contributed by atoms with Crippen LogP contribution in [0.4, 0.5) is 5.69 Å². The first-order valence-corrected chi connectivity index (χ1v) is 7.60. The normalized spacial score (nSPS) is 11.5. The van der Waals surface area contributed by atoms with E-state index in [-0.39, 0.29) is 17.1 Å². The Morgan fingerprint density at radius 3 is 2.70 bits per heavy atom. The quantitative estimate of drug-likeness (QED) is 0.649. The van der Waals surface area contributed by atoms with Crippen LogP contribution in [-0.4, -0.2) is 23.1 Å². The topological polar surface area (TPSA) is 121 Å². The van der Waals surface area contributed by atoms with Gasteiger partial charge in [-0.3, -0.25) is 14.8 Å². The second-order valence-corrected chi connectivity index (χ2v) is 6.28. The van der Waals surface area contributed by atoms with Gasteiger partial charge in [0, 0.05) is 12.3 Å². The number of rotatable bonds is 4. The summed E-state index contributed by atoms with van der Waals surface area (Å²) in [6, 6.07) is 4.59. The van der Waals surface area contributed by atoms with E-state index in [1.54, 1.807) is 12.1 Å². The molecule has 0 spiro atoms. The molecule has 106 valence electrons. The largest absolute Gasteiger partial charge is 0.283 e. The number of nitro groups is 1. The molecule has 0 amide bonds. The highest BCUT2D eigenvalue weighted by atomic mass is 79.9. The van der Waals surface area contributed by atoms with Crippen molar-refractivity contribution in [3.63, 3.8) is 0 Å². The molecular weight excluding hydrogens is 352 g/mol. The number of hydrogen-bond donors (Lipinski definition) is 1. The minimum Gasteiger partial charge on any atom is -0.267 e. The van der Waals surface area contributed by atoms with Gasteiger partial charge in [-0.25, -0.2) is 13.6 Å². The average Bonchev–Trinajstić information content (AvgIpc) is 2.80. The Labute approximate surface area is 122 Å². The zero-order valence-corrected chi connectivity index (χ0v) is 12.3. The summed E-state index contributed by atoms with van der Waals surface area (Å²) in [5.74, 6) is 0. The molecule has 0 aliphatic carbocycles. The van der Waals surface area contributed by atoms with Gasteiger partial charge in [0.2, 0.25) is 10.0 Å². The third-order valence-corrected chi connectivity index (χ3v) is 4.31. The molecule has 1 heterocycles. The first-order valence-electron chi connectivity index (χ1n) is 5.26. The Kier molecular flexibility index (Phi) is 3.88. The first kappa shape index (κ1) is 14.6. The van der Waals surface area contributed by atoms with Crippen LogP contribution in [0.1, 0.15) is 5.56 Å². The van der Waals surface area contributed by atoms with Gasteiger partial charge in [-0.1, -0.05) is 12.1 Å². The third kappa shape index (κ3) is 3.03. The molecule has 0 aliphatic rings. The molecular formula is C10H9BrN4O4S. The molecule has 0 unspecified atom stereocenters. The van der Waals surface area contributed by atoms with Gasteiger partial charge in [-0.15, -0.1) is 0 Å². The molecule has 1 aromatic heterocycles. The van der Waals surface area contributed by atoms with Crippen LogP contribution in [0, 0.1) is 10.1 Å². The van der Waals surface area contributed by atoms with E-state index in [4.69, 9.17) is 5.14 Å². The monoisotopic (exact) mass is 360 g/mol. The van der Waals surface area contributed by atoms with E-state index in [2.05, 4.69) is 21.0 Å². The minimum atomic E-state index is -3.81. The number of nitro benzene ring substituents is 1. The van der Waals surface area contributed by atoms with Crippen LogP contribution in [0.3, 0.4) is 0 Å². The fourth-order valence-electron chi connectivity index (χ4n) is 1.58. The predicted octanol–water partition coefficient (Wildman–Crippen LogP) is 1.25. The SMILES string of the molecule is NS(=O)(=O)c1cnn(Cc2cccc([N+](=O)[O-])c2Br)c1. The van der Waals surface area contributed by atoms with Crippen LogP contribution >= 0.6 is 15.9 Å². The summed E-state index contributed by atoms with van der Waals surface area (Å²) >= 11 is 3.16. The van der Waals surface area contributed by atoms with Gasteiger partial charge in [0.15, 0.2) is 0 Å². The van der Waals surface area contributed by atoms with Crippen molar-refractivity contribution >= 4 is 31.6 Å². The summed E-state index contributed by atoms with van der Waals surface area (Å²) in [6.45, 7) is 0.178. The molecule has 0 atom stereocenters. The van der Waals surface area contributed by atoms with E-state index in [1.807, 2.05) is 0 Å². The number of primary sulfonamides is 1. The molecule has 0 saturated heterocycles. The number of nitrogens with zero attached hydrogens (tertiary/aromatic N) is 3. The molecule has 10 heteroatoms. The van der Waals surface area contributed by atoms with Crippen molar-refractivity contribution < 1.29 is 13.3 Å². The molecule has 8 nitrogen and oxygen atoms in total. The van der Waals surface area contributed by atoms with Crippen LogP contribution in [0.15, 0.2) is 40.0 Å². The second kappa shape index (κ2) is 5.31. The Bertz CT molecular complexity index is 771. The molecule has 0 aliphatic heterocycles. The smallest absolute Gasteiger partial charge is 0.267 e. The van der Waals surface area contributed by atoms with Crippen molar-refractivity contribution in [2.24, 2.45) is 5.14 Å². The number of aromatic nitrogens is 2. The van der Waals surface area contributed by atoms with Gasteiger partial charge in [0.1, 0.15) is 9.37 Å². The maximum Gasteiger partial charge on any atom is 0.283 e. The van der Waals surface area contributed by atoms with Crippen LogP contribution in [-0.2, 0) is 16.6 Å². The van der Waals surface area contributed by atoms with Crippen molar-refractivity contribution in [1.82, 2.24) is 9.78 Å². The van der Waals surface area contributed by atoms with Gasteiger partial charge >= 0.3 is 0 Å². The van der Waals surface area contributed by atoms with Crippen molar-refractivity contribution in [3.05, 3.63) is 50.7 Å². The van der Waals surface area contributed by atoms with Gasteiger partial charge in [0.05, 0.1) is 17.7 Å². The number of sulfonamides is 1. The van der Waals surface area contributed by atoms with Crippen molar-refractivity contribution in [2.75, 3.05) is 0 Å². The van der Waals surface area contributed by atoms with Gasteiger partial charge in [-0.2, -0.15) is 5.10 Å². The first-order chi connectivity index (χ1) is 9.29. The predicted molar refractivity (Wildman–Crippen MR) is 73.5 cm³/mol. The molecule has 0 radical (unpaired) electrons. The van der Waals surface area contributed by atoms with Gasteiger partial charge < -0.3 is 0 Å². The lowest BCUT2D eigenvalue weighted by Gasteiger charge is -2.05. The second-order valence-electron chi connectivity index (χ2n) is 3.93. The van der Waals surface area contributed by atoms with Crippen molar-refractivity contribution in [3.8, 4) is 0 Å². The Balaban J connectivity index is 2.34. The Morgan fingerprint density at radius 2 is 2.15 bits per heavy atom. The summed E-state index contributed by atoms with van der Waals surface area (Å²) in [5.41, 5.74) is 0.532. The number of nitrogens with two attached hydrogens (primary N) is 1. The van der Waals surface area contributed by atoms with E-state index in [1.165, 1.54) is 16.9 Å². The lowest BCUT2D eigenvalue weighted by Crippen LogP contribution is -2.11. The van der Waals surface area contributed by atoms with E-state index < -0.39 is 14.9 Å². The molecule has 2 aromatic rings. The van der Waals surface area contributed by atoms with Crippen molar-refractivity contribution in [2.45, 2.75) is 11.4 Å². The maximum atomic E-state index is 11.1. The van der Waals surface area contributed by atoms with E-state index in [0.29, 0.717) is 10.0 Å². The summed E-state index contributed by atoms with van der Waals surface area (Å²) in [7, 11) is -3.81. The molecule has 0 saturated carbocycles. The van der Waals surface area contributed by atoms with Crippen molar-refractivity contribution in [1.29, 1.82) is 0 Å². The lowest BCUT2D eigenvalue weighted by molar-refractivity contribution is -0.385. The molecule has 2 N–H and O–H groups in total. The summed E-state index contributed by atoms with van der Waals surface area (Å²) < 4.78 is 23.9. The van der Waals surface area contributed by atoms with Gasteiger partial charge in [0.25, 0.3) is 5.69 Å². The average molecular weight is 361 g/mol. The lowest BCUT2D eigenvalue weighted by atomic mass is 10.2. The third-order valence-electron chi connectivity index (χ3n) is 2.53. The number of benzene rings is 1. The van der Waals surface area contributed by atoms with Crippen LogP contribution in [0.2, 0.25) is 0 Å². The highest BCUT2D eigenvalue weighted by molar-refractivity contribution is 9.10. The fourth-order valence-corrected chi connectivity index (χ4v) is 2.58. The fraction of sp³-hybridized carbons (Fsp3) is 0.100. The molecule has 2 rings (SSSR count). The molecule has 0 bridgehead atoms. The number of halogens is 1. The summed E-state index contributed by atoms with van der Waals surface area (Å²) in [6.07, 6.45) is 2.39. The van der Waals surface area contributed by atoms with Gasteiger partial charge in [-0.05, 0) is 21.5 Å². The number of hydrogen-bond acceptors (Lipinski definition) is 5. The zero-order chi connectivity index (χ0) is 14.9. The highest BCUT2D eigenvalue weighted by Gasteiger charge is 2.16. The minimum absolute atomic E-state index is 0.0682. The standard InChI is InChI=1S/C10H9BrN4O4S/c11-10-7(2-1-3-9(10)15(16)17)5-14-6-8(4-13-14)20(12,18)19/h1-4,6H,5H2,(H2,12,18,19). The molecule has 0 fully saturated rings. The van der Waals surface area contributed by atoms with Crippen LogP contribution in [0.5, 0.6) is 0 Å².